The molecule has 0 spiro atoms. The average Bonchev–Trinajstić information content (AvgIpc) is 2.78. The minimum Gasteiger partial charge on any atom is -0.495 e. The molecule has 3 nitrogen and oxygen atoms in total. The van der Waals surface area contributed by atoms with Crippen molar-refractivity contribution in [3.63, 3.8) is 0 Å². The zero-order valence-electron chi connectivity index (χ0n) is 9.20. The molecule has 0 aliphatic heterocycles. The van der Waals surface area contributed by atoms with Gasteiger partial charge in [-0.1, -0.05) is 0 Å². The lowest BCUT2D eigenvalue weighted by atomic mass is 10.3. The van der Waals surface area contributed by atoms with Crippen molar-refractivity contribution in [3.8, 4) is 11.4 Å². The summed E-state index contributed by atoms with van der Waals surface area (Å²) in [6.07, 6.45) is -3.18. The number of ether oxygens (including phenoxy) is 1. The van der Waals surface area contributed by atoms with Gasteiger partial charge in [0.15, 0.2) is 5.69 Å². The Morgan fingerprint density at radius 2 is 2.00 bits per heavy atom. The van der Waals surface area contributed by atoms with Crippen molar-refractivity contribution >= 4 is 15.9 Å². The SMILES string of the molecule is COc1cc(-n2ccc(C(F)(F)F)n2)ccc1Br. The van der Waals surface area contributed by atoms with Crippen molar-refractivity contribution < 1.29 is 17.9 Å². The Morgan fingerprint density at radius 1 is 1.28 bits per heavy atom. The molecule has 0 saturated carbocycles. The highest BCUT2D eigenvalue weighted by atomic mass is 79.9. The summed E-state index contributed by atoms with van der Waals surface area (Å²) in [5.41, 5.74) is -0.435. The largest absolute Gasteiger partial charge is 0.495 e. The molecule has 1 aromatic heterocycles. The van der Waals surface area contributed by atoms with Crippen LogP contribution in [0.1, 0.15) is 5.69 Å². The number of rotatable bonds is 2. The second-order valence-corrected chi connectivity index (χ2v) is 4.32. The number of alkyl halides is 3. The molecule has 1 aromatic carbocycles. The molecule has 0 fully saturated rings. The lowest BCUT2D eigenvalue weighted by molar-refractivity contribution is -0.141. The average molecular weight is 321 g/mol. The second kappa shape index (κ2) is 4.64. The molecule has 0 aliphatic rings. The molecular formula is C11H8BrF3N2O. The van der Waals surface area contributed by atoms with E-state index in [9.17, 15) is 13.2 Å². The zero-order chi connectivity index (χ0) is 13.3. The van der Waals surface area contributed by atoms with Crippen LogP contribution in [0.5, 0.6) is 5.75 Å². The van der Waals surface area contributed by atoms with Crippen molar-refractivity contribution in [3.05, 3.63) is 40.6 Å². The predicted octanol–water partition coefficient (Wildman–Crippen LogP) is 3.66. The monoisotopic (exact) mass is 320 g/mol. The van der Waals surface area contributed by atoms with E-state index < -0.39 is 11.9 Å². The van der Waals surface area contributed by atoms with Crippen LogP contribution in [-0.2, 0) is 6.18 Å². The van der Waals surface area contributed by atoms with Gasteiger partial charge in [-0.05, 0) is 34.1 Å². The highest BCUT2D eigenvalue weighted by Crippen LogP contribution is 2.30. The van der Waals surface area contributed by atoms with E-state index >= 15 is 0 Å². The van der Waals surface area contributed by atoms with Gasteiger partial charge in [0, 0.05) is 12.3 Å². The molecule has 0 radical (unpaired) electrons. The highest BCUT2D eigenvalue weighted by Gasteiger charge is 2.33. The van der Waals surface area contributed by atoms with Gasteiger partial charge in [0.05, 0.1) is 17.3 Å². The van der Waals surface area contributed by atoms with Crippen LogP contribution in [0.4, 0.5) is 13.2 Å². The van der Waals surface area contributed by atoms with Gasteiger partial charge in [-0.25, -0.2) is 4.68 Å². The van der Waals surface area contributed by atoms with Crippen molar-refractivity contribution in [2.24, 2.45) is 0 Å². The van der Waals surface area contributed by atoms with E-state index in [-0.39, 0.29) is 0 Å². The molecule has 2 rings (SSSR count). The fourth-order valence-corrected chi connectivity index (χ4v) is 1.82. The van der Waals surface area contributed by atoms with Gasteiger partial charge in [0.2, 0.25) is 0 Å². The Bertz CT molecular complexity index is 566. The number of nitrogens with zero attached hydrogens (tertiary/aromatic N) is 2. The summed E-state index contributed by atoms with van der Waals surface area (Å²) < 4.78 is 44.2. The molecule has 2 aromatic rings. The van der Waals surface area contributed by atoms with Gasteiger partial charge in [-0.2, -0.15) is 18.3 Å². The van der Waals surface area contributed by atoms with Crippen molar-refractivity contribution in [1.29, 1.82) is 0 Å². The van der Waals surface area contributed by atoms with Gasteiger partial charge in [-0.3, -0.25) is 0 Å². The highest BCUT2D eigenvalue weighted by molar-refractivity contribution is 9.10. The molecule has 0 aliphatic carbocycles. The van der Waals surface area contributed by atoms with Crippen LogP contribution in [-0.4, -0.2) is 16.9 Å². The number of benzene rings is 1. The van der Waals surface area contributed by atoms with Crippen LogP contribution in [0.25, 0.3) is 5.69 Å². The van der Waals surface area contributed by atoms with Crippen molar-refractivity contribution in [2.75, 3.05) is 7.11 Å². The van der Waals surface area contributed by atoms with E-state index in [0.717, 1.165) is 15.2 Å². The third-order valence-electron chi connectivity index (χ3n) is 2.28. The van der Waals surface area contributed by atoms with Gasteiger partial charge < -0.3 is 4.74 Å². The first kappa shape index (κ1) is 12.9. The molecule has 18 heavy (non-hydrogen) atoms. The van der Waals surface area contributed by atoms with E-state index in [2.05, 4.69) is 21.0 Å². The van der Waals surface area contributed by atoms with E-state index in [0.29, 0.717) is 11.4 Å². The van der Waals surface area contributed by atoms with Crippen molar-refractivity contribution in [2.45, 2.75) is 6.18 Å². The molecule has 0 unspecified atom stereocenters. The van der Waals surface area contributed by atoms with E-state index in [4.69, 9.17) is 4.74 Å². The Kier molecular flexibility index (Phi) is 3.34. The molecule has 0 bridgehead atoms. The predicted molar refractivity (Wildman–Crippen MR) is 62.8 cm³/mol. The Labute approximate surface area is 109 Å². The molecule has 7 heteroatoms. The first-order valence-electron chi connectivity index (χ1n) is 4.88. The molecule has 0 N–H and O–H groups in total. The fourth-order valence-electron chi connectivity index (χ4n) is 1.41. The minimum atomic E-state index is -4.44. The van der Waals surface area contributed by atoms with Crippen LogP contribution in [0.3, 0.4) is 0 Å². The summed E-state index contributed by atoms with van der Waals surface area (Å²) in [5.74, 6) is 0.525. The second-order valence-electron chi connectivity index (χ2n) is 3.46. The molecule has 0 atom stereocenters. The van der Waals surface area contributed by atoms with E-state index in [1.165, 1.54) is 13.3 Å². The van der Waals surface area contributed by atoms with Crippen LogP contribution in [0, 0.1) is 0 Å². The van der Waals surface area contributed by atoms with Crippen LogP contribution >= 0.6 is 15.9 Å². The van der Waals surface area contributed by atoms with Crippen LogP contribution in [0.2, 0.25) is 0 Å². The molecule has 0 amide bonds. The first-order valence-corrected chi connectivity index (χ1v) is 5.68. The van der Waals surface area contributed by atoms with E-state index in [1.54, 1.807) is 18.2 Å². The quantitative estimate of drug-likeness (QED) is 0.844. The molecular weight excluding hydrogens is 313 g/mol. The lowest BCUT2D eigenvalue weighted by Crippen LogP contribution is -2.07. The number of halogens is 4. The smallest absolute Gasteiger partial charge is 0.435 e. The summed E-state index contributed by atoms with van der Waals surface area (Å²) >= 11 is 3.27. The molecule has 96 valence electrons. The Morgan fingerprint density at radius 3 is 2.56 bits per heavy atom. The number of hydrogen-bond donors (Lipinski definition) is 0. The molecule has 0 saturated heterocycles. The third kappa shape index (κ3) is 2.50. The summed E-state index contributed by atoms with van der Waals surface area (Å²) in [5, 5.41) is 3.48. The fraction of sp³-hybridized carbons (Fsp3) is 0.182. The van der Waals surface area contributed by atoms with Gasteiger partial charge in [0.25, 0.3) is 0 Å². The van der Waals surface area contributed by atoms with Crippen LogP contribution in [0.15, 0.2) is 34.9 Å². The Balaban J connectivity index is 2.40. The number of aromatic nitrogens is 2. The lowest BCUT2D eigenvalue weighted by Gasteiger charge is -2.07. The number of hydrogen-bond acceptors (Lipinski definition) is 2. The molecule has 1 heterocycles. The van der Waals surface area contributed by atoms with E-state index in [1.807, 2.05) is 0 Å². The summed E-state index contributed by atoms with van der Waals surface area (Å²) in [6.45, 7) is 0. The van der Waals surface area contributed by atoms with Gasteiger partial charge in [-0.15, -0.1) is 0 Å². The summed E-state index contributed by atoms with van der Waals surface area (Å²) in [7, 11) is 1.48. The topological polar surface area (TPSA) is 27.1 Å². The Hall–Kier alpha value is -1.50. The van der Waals surface area contributed by atoms with Crippen molar-refractivity contribution in [1.82, 2.24) is 9.78 Å². The third-order valence-corrected chi connectivity index (χ3v) is 2.93. The normalized spacial score (nSPS) is 11.6. The maximum absolute atomic E-state index is 12.4. The zero-order valence-corrected chi connectivity index (χ0v) is 10.8. The standard InChI is InChI=1S/C11H8BrF3N2O/c1-18-9-6-7(2-3-8(9)12)17-5-4-10(16-17)11(13,14)15/h2-6H,1H3. The summed E-state index contributed by atoms with van der Waals surface area (Å²) in [4.78, 5) is 0. The first-order chi connectivity index (χ1) is 8.41. The maximum atomic E-state index is 12.4. The number of methoxy groups -OCH3 is 1. The van der Waals surface area contributed by atoms with Crippen LogP contribution < -0.4 is 4.74 Å². The van der Waals surface area contributed by atoms with Gasteiger partial charge >= 0.3 is 6.18 Å². The minimum absolute atomic E-state index is 0.491. The summed E-state index contributed by atoms with van der Waals surface area (Å²) in [6, 6.07) is 5.84. The maximum Gasteiger partial charge on any atom is 0.435 e. The van der Waals surface area contributed by atoms with Gasteiger partial charge in [0.1, 0.15) is 5.75 Å².